The lowest BCUT2D eigenvalue weighted by Crippen LogP contribution is -2.36. The molecule has 0 aromatic heterocycles. The number of amides is 1. The molecule has 3 nitrogen and oxygen atoms in total. The number of hydrogen-bond acceptors (Lipinski definition) is 2. The van der Waals surface area contributed by atoms with E-state index in [9.17, 15) is 4.79 Å². The molecule has 0 spiro atoms. The first kappa shape index (κ1) is 16.9. The maximum absolute atomic E-state index is 12.4. The van der Waals surface area contributed by atoms with E-state index in [0.717, 1.165) is 44.7 Å². The fourth-order valence-corrected chi connectivity index (χ4v) is 3.06. The summed E-state index contributed by atoms with van der Waals surface area (Å²) >= 11 is 17.7. The Morgan fingerprint density at radius 1 is 1.10 bits per heavy atom. The fraction of sp³-hybridized carbons (Fsp3) is 0.533. The number of rotatable bonds is 4. The van der Waals surface area contributed by atoms with Crippen LogP contribution < -0.4 is 0 Å². The number of carbonyl (C=O) groups is 1. The van der Waals surface area contributed by atoms with Crippen LogP contribution in [0.15, 0.2) is 18.2 Å². The van der Waals surface area contributed by atoms with E-state index in [4.69, 9.17) is 34.8 Å². The smallest absolute Gasteiger partial charge is 0.227 e. The van der Waals surface area contributed by atoms with Gasteiger partial charge in [0, 0.05) is 32.1 Å². The molecule has 116 valence electrons. The Labute approximate surface area is 140 Å². The maximum Gasteiger partial charge on any atom is 0.227 e. The second-order valence-corrected chi connectivity index (χ2v) is 6.38. The van der Waals surface area contributed by atoms with Crippen molar-refractivity contribution >= 4 is 40.7 Å². The van der Waals surface area contributed by atoms with E-state index in [0.29, 0.717) is 22.3 Å². The van der Waals surface area contributed by atoms with Gasteiger partial charge in [-0.05, 0) is 30.7 Å². The first-order chi connectivity index (χ1) is 10.1. The second-order valence-electron chi connectivity index (χ2n) is 5.19. The van der Waals surface area contributed by atoms with E-state index in [-0.39, 0.29) is 5.91 Å². The Morgan fingerprint density at radius 2 is 1.90 bits per heavy atom. The largest absolute Gasteiger partial charge is 0.341 e. The SMILES string of the molecule is O=C(Cc1ccc(Cl)c(Cl)c1)N1CCCN(CCCl)CC1. The highest BCUT2D eigenvalue weighted by molar-refractivity contribution is 6.42. The van der Waals surface area contributed by atoms with Crippen LogP contribution in [0.2, 0.25) is 10.0 Å². The monoisotopic (exact) mass is 348 g/mol. The topological polar surface area (TPSA) is 23.6 Å². The number of alkyl halides is 1. The van der Waals surface area contributed by atoms with E-state index in [2.05, 4.69) is 4.90 Å². The minimum atomic E-state index is 0.140. The maximum atomic E-state index is 12.4. The number of benzene rings is 1. The van der Waals surface area contributed by atoms with Crippen molar-refractivity contribution in [1.29, 1.82) is 0 Å². The zero-order valence-electron chi connectivity index (χ0n) is 11.8. The summed E-state index contributed by atoms with van der Waals surface area (Å²) in [4.78, 5) is 16.6. The van der Waals surface area contributed by atoms with Gasteiger partial charge < -0.3 is 9.80 Å². The second kappa shape index (κ2) is 8.23. The van der Waals surface area contributed by atoms with E-state index < -0.39 is 0 Å². The first-order valence-electron chi connectivity index (χ1n) is 7.10. The Hall–Kier alpha value is -0.480. The Bertz CT molecular complexity index is 496. The molecule has 0 aliphatic carbocycles. The molecular weight excluding hydrogens is 331 g/mol. The minimum absolute atomic E-state index is 0.140. The Kier molecular flexibility index (Phi) is 6.62. The van der Waals surface area contributed by atoms with Crippen molar-refractivity contribution in [3.63, 3.8) is 0 Å². The predicted octanol–water partition coefficient (Wildman–Crippen LogP) is 3.31. The number of halogens is 3. The van der Waals surface area contributed by atoms with Gasteiger partial charge in [0.1, 0.15) is 0 Å². The molecule has 21 heavy (non-hydrogen) atoms. The first-order valence-corrected chi connectivity index (χ1v) is 8.39. The van der Waals surface area contributed by atoms with E-state index in [1.54, 1.807) is 12.1 Å². The van der Waals surface area contributed by atoms with Crippen LogP contribution in [0.25, 0.3) is 0 Å². The lowest BCUT2D eigenvalue weighted by atomic mass is 10.1. The third-order valence-electron chi connectivity index (χ3n) is 3.68. The highest BCUT2D eigenvalue weighted by Gasteiger charge is 2.19. The van der Waals surface area contributed by atoms with Gasteiger partial charge in [-0.1, -0.05) is 29.3 Å². The molecular formula is C15H19Cl3N2O. The normalized spacial score (nSPS) is 16.8. The molecule has 0 atom stereocenters. The number of carbonyl (C=O) groups excluding carboxylic acids is 1. The van der Waals surface area contributed by atoms with Crippen molar-refractivity contribution < 1.29 is 4.79 Å². The molecule has 1 amide bonds. The summed E-state index contributed by atoms with van der Waals surface area (Å²) in [6, 6.07) is 5.35. The van der Waals surface area contributed by atoms with Crippen LogP contribution in [0.3, 0.4) is 0 Å². The molecule has 1 aromatic carbocycles. The van der Waals surface area contributed by atoms with Gasteiger partial charge in [-0.3, -0.25) is 4.79 Å². The predicted molar refractivity (Wildman–Crippen MR) is 88.5 cm³/mol. The molecule has 1 heterocycles. The molecule has 1 saturated heterocycles. The van der Waals surface area contributed by atoms with Gasteiger partial charge in [-0.15, -0.1) is 11.6 Å². The van der Waals surface area contributed by atoms with Gasteiger partial charge >= 0.3 is 0 Å². The summed E-state index contributed by atoms with van der Waals surface area (Å²) < 4.78 is 0. The molecule has 2 rings (SSSR count). The molecule has 6 heteroatoms. The van der Waals surface area contributed by atoms with Gasteiger partial charge in [0.15, 0.2) is 0 Å². The summed E-state index contributed by atoms with van der Waals surface area (Å²) in [5.41, 5.74) is 0.899. The Morgan fingerprint density at radius 3 is 2.62 bits per heavy atom. The molecule has 0 bridgehead atoms. The van der Waals surface area contributed by atoms with Gasteiger partial charge in [-0.2, -0.15) is 0 Å². The summed E-state index contributed by atoms with van der Waals surface area (Å²) in [7, 11) is 0. The van der Waals surface area contributed by atoms with Crippen LogP contribution in [0, 0.1) is 0 Å². The highest BCUT2D eigenvalue weighted by Crippen LogP contribution is 2.23. The standard InChI is InChI=1S/C15H19Cl3N2O/c16-4-7-19-5-1-6-20(9-8-19)15(21)11-12-2-3-13(17)14(18)10-12/h2-3,10H,1,4-9,11H2. The zero-order chi connectivity index (χ0) is 15.2. The van der Waals surface area contributed by atoms with Gasteiger partial charge in [0.2, 0.25) is 5.91 Å². The van der Waals surface area contributed by atoms with Crippen molar-refractivity contribution in [3.05, 3.63) is 33.8 Å². The van der Waals surface area contributed by atoms with Crippen LogP contribution in [-0.4, -0.2) is 54.3 Å². The van der Waals surface area contributed by atoms with Crippen LogP contribution >= 0.6 is 34.8 Å². The zero-order valence-corrected chi connectivity index (χ0v) is 14.1. The van der Waals surface area contributed by atoms with Crippen molar-refractivity contribution in [2.75, 3.05) is 38.6 Å². The van der Waals surface area contributed by atoms with Crippen LogP contribution in [-0.2, 0) is 11.2 Å². The average Bonchev–Trinajstić information content (AvgIpc) is 2.69. The Balaban J connectivity index is 1.92. The van der Waals surface area contributed by atoms with Crippen molar-refractivity contribution in [2.24, 2.45) is 0 Å². The van der Waals surface area contributed by atoms with Crippen LogP contribution in [0.4, 0.5) is 0 Å². The van der Waals surface area contributed by atoms with Gasteiger partial charge in [-0.25, -0.2) is 0 Å². The molecule has 1 aromatic rings. The molecule has 0 radical (unpaired) electrons. The minimum Gasteiger partial charge on any atom is -0.341 e. The molecule has 0 N–H and O–H groups in total. The highest BCUT2D eigenvalue weighted by atomic mass is 35.5. The van der Waals surface area contributed by atoms with Crippen molar-refractivity contribution in [2.45, 2.75) is 12.8 Å². The summed E-state index contributed by atoms with van der Waals surface area (Å²) in [6.07, 6.45) is 1.36. The third kappa shape index (κ3) is 5.03. The van der Waals surface area contributed by atoms with E-state index >= 15 is 0 Å². The van der Waals surface area contributed by atoms with E-state index in [1.807, 2.05) is 11.0 Å². The van der Waals surface area contributed by atoms with Crippen molar-refractivity contribution in [3.8, 4) is 0 Å². The van der Waals surface area contributed by atoms with E-state index in [1.165, 1.54) is 0 Å². The number of nitrogens with zero attached hydrogens (tertiary/aromatic N) is 2. The quantitative estimate of drug-likeness (QED) is 0.779. The number of hydrogen-bond donors (Lipinski definition) is 0. The molecule has 1 aliphatic heterocycles. The van der Waals surface area contributed by atoms with Crippen molar-refractivity contribution in [1.82, 2.24) is 9.80 Å². The lowest BCUT2D eigenvalue weighted by Gasteiger charge is -2.21. The summed E-state index contributed by atoms with van der Waals surface area (Å²) in [5, 5.41) is 1.01. The van der Waals surface area contributed by atoms with Crippen LogP contribution in [0.1, 0.15) is 12.0 Å². The molecule has 0 unspecified atom stereocenters. The third-order valence-corrected chi connectivity index (χ3v) is 4.59. The molecule has 0 saturated carbocycles. The van der Waals surface area contributed by atoms with Gasteiger partial charge in [0.05, 0.1) is 16.5 Å². The van der Waals surface area contributed by atoms with Gasteiger partial charge in [0.25, 0.3) is 0 Å². The van der Waals surface area contributed by atoms with Crippen LogP contribution in [0.5, 0.6) is 0 Å². The summed E-state index contributed by atoms with van der Waals surface area (Å²) in [6.45, 7) is 4.34. The molecule has 1 fully saturated rings. The molecule has 1 aliphatic rings. The fourth-order valence-electron chi connectivity index (χ4n) is 2.50. The average molecular weight is 350 g/mol. The lowest BCUT2D eigenvalue weighted by molar-refractivity contribution is -0.130. The summed E-state index contributed by atoms with van der Waals surface area (Å²) in [5.74, 6) is 0.776.